The van der Waals surface area contributed by atoms with Gasteiger partial charge in [-0.25, -0.2) is 0 Å². The fourth-order valence-corrected chi connectivity index (χ4v) is 1.54. The van der Waals surface area contributed by atoms with Crippen LogP contribution >= 0.6 is 27.5 Å². The largest absolute Gasteiger partial charge is 0.382 e. The molecule has 13 heavy (non-hydrogen) atoms. The van der Waals surface area contributed by atoms with Crippen LogP contribution in [0.1, 0.15) is 20.3 Å². The van der Waals surface area contributed by atoms with Gasteiger partial charge in [0.2, 0.25) is 0 Å². The van der Waals surface area contributed by atoms with Gasteiger partial charge in [0.1, 0.15) is 0 Å². The minimum atomic E-state index is 0.467. The Bertz CT molecular complexity index is 288. The maximum Gasteiger partial charge on any atom is 0.0593 e. The van der Waals surface area contributed by atoms with Gasteiger partial charge in [0, 0.05) is 6.04 Å². The molecule has 0 saturated carbocycles. The Balaban J connectivity index is 2.83. The molecule has 0 aliphatic rings. The van der Waals surface area contributed by atoms with Gasteiger partial charge in [-0.2, -0.15) is 0 Å². The molecule has 0 spiro atoms. The number of anilines is 1. The third-order valence-corrected chi connectivity index (χ3v) is 3.36. The van der Waals surface area contributed by atoms with E-state index >= 15 is 0 Å². The molecule has 1 aromatic carbocycles. The van der Waals surface area contributed by atoms with Crippen LogP contribution in [-0.2, 0) is 0 Å². The fraction of sp³-hybridized carbons (Fsp3) is 0.400. The molecule has 0 amide bonds. The Kier molecular flexibility index (Phi) is 4.07. The molecule has 0 aromatic heterocycles. The van der Waals surface area contributed by atoms with Crippen LogP contribution in [0.4, 0.5) is 5.69 Å². The van der Waals surface area contributed by atoms with Crippen LogP contribution in [0.25, 0.3) is 0 Å². The summed E-state index contributed by atoms with van der Waals surface area (Å²) in [6.07, 6.45) is 1.10. The quantitative estimate of drug-likeness (QED) is 0.856. The third-order valence-electron chi connectivity index (χ3n) is 1.97. The molecule has 1 unspecified atom stereocenters. The summed E-state index contributed by atoms with van der Waals surface area (Å²) in [6, 6.07) is 6.29. The second-order valence-electron chi connectivity index (χ2n) is 3.06. The lowest BCUT2D eigenvalue weighted by molar-refractivity contribution is 0.763. The van der Waals surface area contributed by atoms with Crippen LogP contribution in [0.2, 0.25) is 5.02 Å². The highest BCUT2D eigenvalue weighted by atomic mass is 79.9. The summed E-state index contributed by atoms with van der Waals surface area (Å²) in [6.45, 7) is 4.30. The van der Waals surface area contributed by atoms with E-state index in [2.05, 4.69) is 35.1 Å². The second-order valence-corrected chi connectivity index (χ2v) is 4.26. The zero-order valence-corrected chi connectivity index (χ0v) is 10.1. The van der Waals surface area contributed by atoms with Crippen molar-refractivity contribution in [2.24, 2.45) is 0 Å². The van der Waals surface area contributed by atoms with Gasteiger partial charge in [-0.1, -0.05) is 24.6 Å². The van der Waals surface area contributed by atoms with Gasteiger partial charge in [-0.05, 0) is 41.4 Å². The molecule has 1 aromatic rings. The monoisotopic (exact) mass is 261 g/mol. The normalized spacial score (nSPS) is 12.6. The molecule has 0 aliphatic heterocycles. The SMILES string of the molecule is CCC(C)Nc1cccc(Cl)c1Br. The first kappa shape index (κ1) is 10.9. The number of rotatable bonds is 3. The van der Waals surface area contributed by atoms with Gasteiger partial charge >= 0.3 is 0 Å². The van der Waals surface area contributed by atoms with E-state index in [-0.39, 0.29) is 0 Å². The van der Waals surface area contributed by atoms with Gasteiger partial charge < -0.3 is 5.32 Å². The molecule has 1 rings (SSSR count). The van der Waals surface area contributed by atoms with Crippen molar-refractivity contribution in [2.75, 3.05) is 5.32 Å². The smallest absolute Gasteiger partial charge is 0.0593 e. The highest BCUT2D eigenvalue weighted by Gasteiger charge is 2.05. The first-order valence-electron chi connectivity index (χ1n) is 4.35. The van der Waals surface area contributed by atoms with E-state index in [1.54, 1.807) is 0 Å². The molecule has 1 atom stereocenters. The van der Waals surface area contributed by atoms with Crippen molar-refractivity contribution in [3.8, 4) is 0 Å². The number of benzene rings is 1. The van der Waals surface area contributed by atoms with E-state index < -0.39 is 0 Å². The van der Waals surface area contributed by atoms with Crippen molar-refractivity contribution in [1.82, 2.24) is 0 Å². The van der Waals surface area contributed by atoms with Gasteiger partial charge in [0.25, 0.3) is 0 Å². The van der Waals surface area contributed by atoms with Crippen molar-refractivity contribution in [2.45, 2.75) is 26.3 Å². The van der Waals surface area contributed by atoms with Gasteiger partial charge in [-0.15, -0.1) is 0 Å². The zero-order chi connectivity index (χ0) is 9.84. The highest BCUT2D eigenvalue weighted by molar-refractivity contribution is 9.10. The van der Waals surface area contributed by atoms with Crippen LogP contribution in [0, 0.1) is 0 Å². The molecule has 0 bridgehead atoms. The van der Waals surface area contributed by atoms with E-state index in [1.807, 2.05) is 18.2 Å². The molecular weight excluding hydrogens is 249 g/mol. The van der Waals surface area contributed by atoms with Gasteiger partial charge in [0.05, 0.1) is 15.2 Å². The zero-order valence-electron chi connectivity index (χ0n) is 7.77. The number of hydrogen-bond acceptors (Lipinski definition) is 1. The highest BCUT2D eigenvalue weighted by Crippen LogP contribution is 2.30. The van der Waals surface area contributed by atoms with Gasteiger partial charge in [0.15, 0.2) is 0 Å². The Morgan fingerprint density at radius 2 is 2.23 bits per heavy atom. The molecule has 0 saturated heterocycles. The molecule has 0 fully saturated rings. The second kappa shape index (κ2) is 4.87. The first-order valence-corrected chi connectivity index (χ1v) is 5.52. The average molecular weight is 263 g/mol. The van der Waals surface area contributed by atoms with Crippen molar-refractivity contribution in [3.05, 3.63) is 27.7 Å². The van der Waals surface area contributed by atoms with Crippen LogP contribution in [0.15, 0.2) is 22.7 Å². The summed E-state index contributed by atoms with van der Waals surface area (Å²) in [4.78, 5) is 0. The van der Waals surface area contributed by atoms with Crippen LogP contribution < -0.4 is 5.32 Å². The fourth-order valence-electron chi connectivity index (χ4n) is 0.983. The predicted molar refractivity (Wildman–Crippen MR) is 62.5 cm³/mol. The molecule has 72 valence electrons. The minimum absolute atomic E-state index is 0.467. The van der Waals surface area contributed by atoms with Gasteiger partial charge in [-0.3, -0.25) is 0 Å². The summed E-state index contributed by atoms with van der Waals surface area (Å²) in [5.41, 5.74) is 1.06. The van der Waals surface area contributed by atoms with Crippen LogP contribution in [-0.4, -0.2) is 6.04 Å². The Labute approximate surface area is 92.6 Å². The number of nitrogens with one attached hydrogen (secondary N) is 1. The minimum Gasteiger partial charge on any atom is -0.382 e. The maximum absolute atomic E-state index is 5.95. The molecule has 1 N–H and O–H groups in total. The topological polar surface area (TPSA) is 12.0 Å². The van der Waals surface area contributed by atoms with Crippen LogP contribution in [0.5, 0.6) is 0 Å². The molecular formula is C10H13BrClN. The first-order chi connectivity index (χ1) is 6.15. The van der Waals surface area contributed by atoms with E-state index in [0.717, 1.165) is 21.6 Å². The summed E-state index contributed by atoms with van der Waals surface area (Å²) >= 11 is 9.40. The molecule has 3 heteroatoms. The maximum atomic E-state index is 5.95. The predicted octanol–water partition coefficient (Wildman–Crippen LogP) is 4.31. The Morgan fingerprint density at radius 1 is 1.54 bits per heavy atom. The molecule has 1 nitrogen and oxygen atoms in total. The van der Waals surface area contributed by atoms with Crippen LogP contribution in [0.3, 0.4) is 0 Å². The summed E-state index contributed by atoms with van der Waals surface area (Å²) < 4.78 is 0.942. The van der Waals surface area contributed by atoms with E-state index in [9.17, 15) is 0 Å². The van der Waals surface area contributed by atoms with E-state index in [0.29, 0.717) is 6.04 Å². The molecule has 0 aliphatic carbocycles. The number of hydrogen-bond donors (Lipinski definition) is 1. The Hall–Kier alpha value is -0.210. The van der Waals surface area contributed by atoms with Crippen molar-refractivity contribution < 1.29 is 0 Å². The summed E-state index contributed by atoms with van der Waals surface area (Å²) in [5.74, 6) is 0. The van der Waals surface area contributed by atoms with E-state index in [1.165, 1.54) is 0 Å². The lowest BCUT2D eigenvalue weighted by Gasteiger charge is -2.14. The van der Waals surface area contributed by atoms with Crippen molar-refractivity contribution in [3.63, 3.8) is 0 Å². The molecule has 0 heterocycles. The lowest BCUT2D eigenvalue weighted by Crippen LogP contribution is -2.13. The average Bonchev–Trinajstić information content (AvgIpc) is 2.13. The van der Waals surface area contributed by atoms with Crippen molar-refractivity contribution >= 4 is 33.2 Å². The number of halogens is 2. The Morgan fingerprint density at radius 3 is 2.85 bits per heavy atom. The summed E-state index contributed by atoms with van der Waals surface area (Å²) in [7, 11) is 0. The molecule has 0 radical (unpaired) electrons. The summed E-state index contributed by atoms with van der Waals surface area (Å²) in [5, 5.41) is 4.11. The van der Waals surface area contributed by atoms with Crippen molar-refractivity contribution in [1.29, 1.82) is 0 Å². The standard InChI is InChI=1S/C10H13BrClN/c1-3-7(2)13-9-6-4-5-8(12)10(9)11/h4-7,13H,3H2,1-2H3. The lowest BCUT2D eigenvalue weighted by atomic mass is 10.2. The third kappa shape index (κ3) is 2.89. The van der Waals surface area contributed by atoms with E-state index in [4.69, 9.17) is 11.6 Å².